The highest BCUT2D eigenvalue weighted by molar-refractivity contribution is 5.98. The molecule has 1 heterocycles. The minimum absolute atomic E-state index is 0.181. The standard InChI is InChI=1S/C22H32N2O/c1-4-23(5-2)15-8-16-24-21(18-13-11-17(3)12-14-18)19-9-6-7-10-20(19)22(24)25/h11-14,21H,4-10,15-16H2,1-3H3. The lowest BCUT2D eigenvalue weighted by atomic mass is 9.87. The van der Waals surface area contributed by atoms with Crippen molar-refractivity contribution in [3.8, 4) is 0 Å². The summed E-state index contributed by atoms with van der Waals surface area (Å²) in [6, 6.07) is 8.97. The second kappa shape index (κ2) is 8.18. The first kappa shape index (κ1) is 18.2. The van der Waals surface area contributed by atoms with Crippen molar-refractivity contribution in [2.45, 2.75) is 58.9 Å². The van der Waals surface area contributed by atoms with E-state index in [-0.39, 0.29) is 6.04 Å². The largest absolute Gasteiger partial charge is 0.328 e. The molecule has 0 N–H and O–H groups in total. The Balaban J connectivity index is 1.80. The Morgan fingerprint density at radius 3 is 2.44 bits per heavy atom. The van der Waals surface area contributed by atoms with E-state index >= 15 is 0 Å². The highest BCUT2D eigenvalue weighted by atomic mass is 16.2. The van der Waals surface area contributed by atoms with Crippen LogP contribution in [0.4, 0.5) is 0 Å². The van der Waals surface area contributed by atoms with E-state index < -0.39 is 0 Å². The van der Waals surface area contributed by atoms with Crippen molar-refractivity contribution in [2.75, 3.05) is 26.2 Å². The number of nitrogens with zero attached hydrogens (tertiary/aromatic N) is 2. The molecule has 1 aliphatic carbocycles. The summed E-state index contributed by atoms with van der Waals surface area (Å²) in [6.45, 7) is 10.6. The van der Waals surface area contributed by atoms with Crippen LogP contribution in [0.25, 0.3) is 0 Å². The van der Waals surface area contributed by atoms with Gasteiger partial charge in [0.25, 0.3) is 5.91 Å². The van der Waals surface area contributed by atoms with Crippen LogP contribution in [-0.4, -0.2) is 41.9 Å². The average molecular weight is 341 g/mol. The van der Waals surface area contributed by atoms with Crippen LogP contribution in [0.3, 0.4) is 0 Å². The molecule has 0 bridgehead atoms. The molecule has 0 radical (unpaired) electrons. The zero-order valence-corrected chi connectivity index (χ0v) is 16.1. The molecule has 1 aromatic rings. The smallest absolute Gasteiger partial charge is 0.250 e. The Labute approximate surface area is 152 Å². The van der Waals surface area contributed by atoms with E-state index in [0.717, 1.165) is 51.0 Å². The topological polar surface area (TPSA) is 23.6 Å². The molecule has 3 rings (SSSR count). The maximum Gasteiger partial charge on any atom is 0.250 e. The summed E-state index contributed by atoms with van der Waals surface area (Å²) in [5.41, 5.74) is 5.09. The van der Waals surface area contributed by atoms with E-state index in [2.05, 4.69) is 54.8 Å². The minimum Gasteiger partial charge on any atom is -0.328 e. The number of aryl methyl sites for hydroxylation is 1. The molecule has 136 valence electrons. The van der Waals surface area contributed by atoms with Crippen molar-refractivity contribution in [1.29, 1.82) is 0 Å². The molecule has 2 aliphatic rings. The Kier molecular flexibility index (Phi) is 5.95. The number of carbonyl (C=O) groups is 1. The Morgan fingerprint density at radius 1 is 1.08 bits per heavy atom. The minimum atomic E-state index is 0.181. The molecule has 3 heteroatoms. The number of benzene rings is 1. The maximum atomic E-state index is 13.1. The van der Waals surface area contributed by atoms with Gasteiger partial charge in [-0.2, -0.15) is 0 Å². The molecule has 1 amide bonds. The van der Waals surface area contributed by atoms with E-state index in [1.165, 1.54) is 29.5 Å². The predicted molar refractivity (Wildman–Crippen MR) is 104 cm³/mol. The van der Waals surface area contributed by atoms with Gasteiger partial charge < -0.3 is 9.80 Å². The van der Waals surface area contributed by atoms with Gasteiger partial charge in [-0.05, 0) is 69.8 Å². The van der Waals surface area contributed by atoms with Gasteiger partial charge in [-0.25, -0.2) is 0 Å². The van der Waals surface area contributed by atoms with E-state index in [1.807, 2.05) is 0 Å². The fourth-order valence-electron chi connectivity index (χ4n) is 4.32. The Morgan fingerprint density at radius 2 is 1.76 bits per heavy atom. The van der Waals surface area contributed by atoms with E-state index in [1.54, 1.807) is 0 Å². The zero-order chi connectivity index (χ0) is 17.8. The van der Waals surface area contributed by atoms with Crippen LogP contribution < -0.4 is 0 Å². The summed E-state index contributed by atoms with van der Waals surface area (Å²) in [4.78, 5) is 17.7. The van der Waals surface area contributed by atoms with Gasteiger partial charge in [0, 0.05) is 12.1 Å². The highest BCUT2D eigenvalue weighted by Crippen LogP contribution is 2.44. The summed E-state index contributed by atoms with van der Waals surface area (Å²) >= 11 is 0. The quantitative estimate of drug-likeness (QED) is 0.730. The van der Waals surface area contributed by atoms with Crippen molar-refractivity contribution in [3.05, 3.63) is 46.5 Å². The predicted octanol–water partition coefficient (Wildman–Crippen LogP) is 4.48. The molecule has 1 atom stereocenters. The third-order valence-electron chi connectivity index (χ3n) is 5.83. The summed E-state index contributed by atoms with van der Waals surface area (Å²) in [5.74, 6) is 0.305. The lowest BCUT2D eigenvalue weighted by Gasteiger charge is -2.29. The number of hydrogen-bond acceptors (Lipinski definition) is 2. The van der Waals surface area contributed by atoms with Crippen molar-refractivity contribution in [3.63, 3.8) is 0 Å². The van der Waals surface area contributed by atoms with Crippen LogP contribution in [-0.2, 0) is 4.79 Å². The molecule has 25 heavy (non-hydrogen) atoms. The molecular formula is C22H32N2O. The fraction of sp³-hybridized carbons (Fsp3) is 0.591. The number of hydrogen-bond donors (Lipinski definition) is 0. The molecule has 1 aliphatic heterocycles. The fourth-order valence-corrected chi connectivity index (χ4v) is 4.32. The van der Waals surface area contributed by atoms with Crippen LogP contribution in [0.15, 0.2) is 35.4 Å². The van der Waals surface area contributed by atoms with Gasteiger partial charge in [-0.15, -0.1) is 0 Å². The summed E-state index contributed by atoms with van der Waals surface area (Å²) in [5, 5.41) is 0. The monoisotopic (exact) mass is 340 g/mol. The Bertz CT molecular complexity index is 628. The number of rotatable bonds is 7. The molecule has 0 saturated carbocycles. The molecule has 0 fully saturated rings. The first-order valence-corrected chi connectivity index (χ1v) is 9.97. The van der Waals surface area contributed by atoms with Gasteiger partial charge in [-0.3, -0.25) is 4.79 Å². The third kappa shape index (κ3) is 3.82. The first-order valence-electron chi connectivity index (χ1n) is 9.97. The van der Waals surface area contributed by atoms with E-state index in [4.69, 9.17) is 0 Å². The van der Waals surface area contributed by atoms with Gasteiger partial charge >= 0.3 is 0 Å². The van der Waals surface area contributed by atoms with Crippen LogP contribution in [0, 0.1) is 6.92 Å². The second-order valence-electron chi connectivity index (χ2n) is 7.40. The van der Waals surface area contributed by atoms with Gasteiger partial charge in [0.15, 0.2) is 0 Å². The number of carbonyl (C=O) groups excluding carboxylic acids is 1. The van der Waals surface area contributed by atoms with Crippen LogP contribution in [0.5, 0.6) is 0 Å². The molecule has 1 unspecified atom stereocenters. The molecule has 3 nitrogen and oxygen atoms in total. The van der Waals surface area contributed by atoms with E-state index in [0.29, 0.717) is 5.91 Å². The SMILES string of the molecule is CCN(CC)CCCN1C(=O)C2=C(CCCC2)C1c1ccc(C)cc1. The van der Waals surface area contributed by atoms with Crippen molar-refractivity contribution >= 4 is 5.91 Å². The normalized spacial score (nSPS) is 20.6. The summed E-state index contributed by atoms with van der Waals surface area (Å²) in [7, 11) is 0. The molecule has 0 spiro atoms. The number of amides is 1. The molecule has 0 aromatic heterocycles. The maximum absolute atomic E-state index is 13.1. The lowest BCUT2D eigenvalue weighted by molar-refractivity contribution is -0.127. The highest BCUT2D eigenvalue weighted by Gasteiger charge is 2.39. The van der Waals surface area contributed by atoms with Crippen LogP contribution in [0.2, 0.25) is 0 Å². The molecular weight excluding hydrogens is 308 g/mol. The first-order chi connectivity index (χ1) is 12.2. The van der Waals surface area contributed by atoms with Gasteiger partial charge in [-0.1, -0.05) is 43.7 Å². The van der Waals surface area contributed by atoms with Gasteiger partial charge in [0.1, 0.15) is 0 Å². The summed E-state index contributed by atoms with van der Waals surface area (Å²) in [6.07, 6.45) is 5.51. The van der Waals surface area contributed by atoms with Crippen LogP contribution in [0.1, 0.15) is 63.1 Å². The average Bonchev–Trinajstić information content (AvgIpc) is 2.92. The Hall–Kier alpha value is -1.61. The van der Waals surface area contributed by atoms with Crippen molar-refractivity contribution in [1.82, 2.24) is 9.80 Å². The summed E-state index contributed by atoms with van der Waals surface area (Å²) < 4.78 is 0. The third-order valence-corrected chi connectivity index (χ3v) is 5.83. The zero-order valence-electron chi connectivity index (χ0n) is 16.1. The van der Waals surface area contributed by atoms with Gasteiger partial charge in [0.2, 0.25) is 0 Å². The van der Waals surface area contributed by atoms with Crippen molar-refractivity contribution in [2.24, 2.45) is 0 Å². The molecule has 1 aromatic carbocycles. The second-order valence-corrected chi connectivity index (χ2v) is 7.40. The van der Waals surface area contributed by atoms with Crippen molar-refractivity contribution < 1.29 is 4.79 Å². The molecule has 0 saturated heterocycles. The lowest BCUT2D eigenvalue weighted by Crippen LogP contribution is -2.34. The van der Waals surface area contributed by atoms with Crippen LogP contribution >= 0.6 is 0 Å². The van der Waals surface area contributed by atoms with E-state index in [9.17, 15) is 4.79 Å². The van der Waals surface area contributed by atoms with Gasteiger partial charge in [0.05, 0.1) is 6.04 Å².